The zero-order valence-electron chi connectivity index (χ0n) is 15.4. The highest BCUT2D eigenvalue weighted by Gasteiger charge is 2.14. The molecule has 0 aliphatic heterocycles. The molecule has 0 atom stereocenters. The molecule has 0 radical (unpaired) electrons. The van der Waals surface area contributed by atoms with Crippen LogP contribution in [-0.2, 0) is 0 Å². The van der Waals surface area contributed by atoms with Crippen LogP contribution in [0.5, 0.6) is 0 Å². The van der Waals surface area contributed by atoms with Gasteiger partial charge in [0.25, 0.3) is 5.91 Å². The van der Waals surface area contributed by atoms with Crippen LogP contribution < -0.4 is 10.6 Å². The van der Waals surface area contributed by atoms with Gasteiger partial charge in [-0.3, -0.25) is 10.1 Å². The predicted molar refractivity (Wildman–Crippen MR) is 121 cm³/mol. The summed E-state index contributed by atoms with van der Waals surface area (Å²) in [5.41, 5.74) is 3.22. The number of nitrogens with one attached hydrogen (secondary N) is 2. The molecule has 146 valence electrons. The van der Waals surface area contributed by atoms with Gasteiger partial charge in [0, 0.05) is 15.7 Å². The minimum atomic E-state index is -0.284. The zero-order valence-corrected chi connectivity index (χ0v) is 18.7. The van der Waals surface area contributed by atoms with E-state index in [-0.39, 0.29) is 11.0 Å². The molecule has 0 unspecified atom stereocenters. The summed E-state index contributed by atoms with van der Waals surface area (Å²) < 4.78 is 2.42. The fourth-order valence-corrected chi connectivity index (χ4v) is 4.24. The maximum Gasteiger partial charge on any atom is 0.258 e. The molecular weight excluding hydrogens is 472 g/mol. The Morgan fingerprint density at radius 1 is 1.17 bits per heavy atom. The average molecular weight is 487 g/mol. The molecule has 0 bridgehead atoms. The van der Waals surface area contributed by atoms with E-state index >= 15 is 0 Å². The number of hydrogen-bond acceptors (Lipinski definition) is 6. The Morgan fingerprint density at radius 3 is 2.72 bits per heavy atom. The molecular formula is C19H15BrN6OS2. The van der Waals surface area contributed by atoms with Crippen molar-refractivity contribution in [2.24, 2.45) is 0 Å². The van der Waals surface area contributed by atoms with Gasteiger partial charge in [0.15, 0.2) is 10.9 Å². The van der Waals surface area contributed by atoms with Gasteiger partial charge in [-0.25, -0.2) is 0 Å². The number of nitrogens with zero attached hydrogens (tertiary/aromatic N) is 4. The molecule has 0 aliphatic carbocycles. The van der Waals surface area contributed by atoms with Crippen molar-refractivity contribution in [3.63, 3.8) is 0 Å². The summed E-state index contributed by atoms with van der Waals surface area (Å²) in [4.78, 5) is 13.2. The highest BCUT2D eigenvalue weighted by atomic mass is 79.9. The number of halogens is 1. The van der Waals surface area contributed by atoms with Crippen molar-refractivity contribution in [3.8, 4) is 10.6 Å². The van der Waals surface area contributed by atoms with E-state index in [1.54, 1.807) is 22.7 Å². The Bertz CT molecular complexity index is 1250. The Morgan fingerprint density at radius 2 is 1.97 bits per heavy atom. The zero-order chi connectivity index (χ0) is 20.5. The molecule has 7 nitrogen and oxygen atoms in total. The van der Waals surface area contributed by atoms with E-state index in [0.717, 1.165) is 32.6 Å². The first-order valence-corrected chi connectivity index (χ1v) is 10.6. The van der Waals surface area contributed by atoms with Crippen LogP contribution in [0.3, 0.4) is 0 Å². The molecule has 2 aromatic carbocycles. The Labute approximate surface area is 184 Å². The molecule has 2 aromatic heterocycles. The van der Waals surface area contributed by atoms with E-state index in [4.69, 9.17) is 12.2 Å². The van der Waals surface area contributed by atoms with Crippen LogP contribution in [0.1, 0.15) is 21.7 Å². The number of hydrogen-bond donors (Lipinski definition) is 2. The van der Waals surface area contributed by atoms with E-state index in [2.05, 4.69) is 41.9 Å². The number of fused-ring (bicyclic) bond motifs is 1. The third-order valence-corrected chi connectivity index (χ3v) is 6.07. The smallest absolute Gasteiger partial charge is 0.258 e. The summed E-state index contributed by atoms with van der Waals surface area (Å²) in [6, 6.07) is 13.1. The topological polar surface area (TPSA) is 84.2 Å². The minimum absolute atomic E-state index is 0.222. The quantitative estimate of drug-likeness (QED) is 0.418. The third-order valence-electron chi connectivity index (χ3n) is 4.23. The van der Waals surface area contributed by atoms with Crippen LogP contribution >= 0.6 is 39.5 Å². The van der Waals surface area contributed by atoms with Crippen LogP contribution in [0.25, 0.3) is 15.5 Å². The Balaban J connectivity index is 1.54. The number of carbonyl (C=O) groups excluding carboxylic acids is 1. The highest BCUT2D eigenvalue weighted by Crippen LogP contribution is 2.29. The van der Waals surface area contributed by atoms with E-state index in [0.29, 0.717) is 10.0 Å². The van der Waals surface area contributed by atoms with Gasteiger partial charge in [0.2, 0.25) is 4.96 Å². The summed E-state index contributed by atoms with van der Waals surface area (Å²) in [7, 11) is 0. The van der Waals surface area contributed by atoms with Crippen molar-refractivity contribution in [1.29, 1.82) is 0 Å². The van der Waals surface area contributed by atoms with E-state index < -0.39 is 0 Å². The number of thiocarbonyl (C=S) groups is 1. The van der Waals surface area contributed by atoms with Crippen molar-refractivity contribution >= 4 is 61.2 Å². The maximum absolute atomic E-state index is 12.4. The van der Waals surface area contributed by atoms with Crippen molar-refractivity contribution in [3.05, 3.63) is 63.9 Å². The molecule has 0 fully saturated rings. The minimum Gasteiger partial charge on any atom is -0.332 e. The van der Waals surface area contributed by atoms with Crippen LogP contribution in [0.15, 0.2) is 46.9 Å². The molecule has 2 heterocycles. The molecule has 1 amide bonds. The number of rotatable bonds is 3. The van der Waals surface area contributed by atoms with Gasteiger partial charge in [-0.05, 0) is 65.8 Å². The van der Waals surface area contributed by atoms with Gasteiger partial charge in [-0.2, -0.15) is 9.61 Å². The molecule has 0 spiro atoms. The van der Waals surface area contributed by atoms with Gasteiger partial charge in [-0.15, -0.1) is 10.2 Å². The second-order valence-electron chi connectivity index (χ2n) is 6.27. The maximum atomic E-state index is 12.4. The van der Waals surface area contributed by atoms with Gasteiger partial charge in [-0.1, -0.05) is 35.6 Å². The van der Waals surface area contributed by atoms with Crippen LogP contribution in [0, 0.1) is 13.8 Å². The summed E-state index contributed by atoms with van der Waals surface area (Å²) >= 11 is 10.2. The van der Waals surface area contributed by atoms with Gasteiger partial charge < -0.3 is 5.32 Å². The first kappa shape index (κ1) is 19.6. The summed E-state index contributed by atoms with van der Waals surface area (Å²) in [5.74, 6) is 0.455. The number of anilines is 1. The molecule has 4 aromatic rings. The molecule has 0 aliphatic rings. The molecule has 29 heavy (non-hydrogen) atoms. The highest BCUT2D eigenvalue weighted by molar-refractivity contribution is 9.10. The number of benzene rings is 2. The molecule has 0 saturated heterocycles. The number of carbonyl (C=O) groups is 1. The molecule has 10 heteroatoms. The monoisotopic (exact) mass is 486 g/mol. The number of aromatic nitrogens is 4. The summed E-state index contributed by atoms with van der Waals surface area (Å²) in [5, 5.41) is 19.5. The SMILES string of the molecule is Cc1ccc(-c2nn3c(C)nnc3s2)cc1NC(=S)NC(=O)c1ccccc1Br. The molecule has 2 N–H and O–H groups in total. The first-order chi connectivity index (χ1) is 13.9. The lowest BCUT2D eigenvalue weighted by atomic mass is 10.1. The second kappa shape index (κ2) is 7.97. The fourth-order valence-electron chi connectivity index (χ4n) is 2.69. The Kier molecular flexibility index (Phi) is 5.39. The van der Waals surface area contributed by atoms with Crippen molar-refractivity contribution in [2.75, 3.05) is 5.32 Å². The van der Waals surface area contributed by atoms with Gasteiger partial charge >= 0.3 is 0 Å². The second-order valence-corrected chi connectivity index (χ2v) is 8.49. The number of amides is 1. The van der Waals surface area contributed by atoms with Gasteiger partial charge in [0.1, 0.15) is 5.01 Å². The van der Waals surface area contributed by atoms with E-state index in [1.807, 2.05) is 38.1 Å². The number of aryl methyl sites for hydroxylation is 2. The normalized spacial score (nSPS) is 10.9. The van der Waals surface area contributed by atoms with Crippen LogP contribution in [0.4, 0.5) is 5.69 Å². The predicted octanol–water partition coefficient (Wildman–Crippen LogP) is 4.36. The van der Waals surface area contributed by atoms with Crippen LogP contribution in [0.2, 0.25) is 0 Å². The lowest BCUT2D eigenvalue weighted by molar-refractivity contribution is 0.0977. The summed E-state index contributed by atoms with van der Waals surface area (Å²) in [6.45, 7) is 3.82. The standard InChI is InChI=1S/C19H15BrN6OS2/c1-10-7-8-12(17-25-26-11(2)23-24-19(26)29-17)9-15(10)21-18(28)22-16(27)13-5-3-4-6-14(13)20/h3-9H,1-2H3,(H2,21,22,27,28). The lowest BCUT2D eigenvalue weighted by Crippen LogP contribution is -2.34. The molecule has 4 rings (SSSR count). The fraction of sp³-hybridized carbons (Fsp3) is 0.105. The largest absolute Gasteiger partial charge is 0.332 e. The van der Waals surface area contributed by atoms with Crippen molar-refractivity contribution in [2.45, 2.75) is 13.8 Å². The lowest BCUT2D eigenvalue weighted by Gasteiger charge is -2.13. The van der Waals surface area contributed by atoms with Crippen LogP contribution in [-0.4, -0.2) is 30.8 Å². The average Bonchev–Trinajstić information content (AvgIpc) is 3.26. The first-order valence-electron chi connectivity index (χ1n) is 8.59. The van der Waals surface area contributed by atoms with Crippen molar-refractivity contribution < 1.29 is 4.79 Å². The third kappa shape index (κ3) is 4.04. The Hall–Kier alpha value is -2.69. The summed E-state index contributed by atoms with van der Waals surface area (Å²) in [6.07, 6.45) is 0. The van der Waals surface area contributed by atoms with E-state index in [9.17, 15) is 4.79 Å². The van der Waals surface area contributed by atoms with Gasteiger partial charge in [0.05, 0.1) is 5.56 Å². The van der Waals surface area contributed by atoms with E-state index in [1.165, 1.54) is 11.3 Å². The van der Waals surface area contributed by atoms with Crippen molar-refractivity contribution in [1.82, 2.24) is 25.1 Å². The molecule has 0 saturated carbocycles.